The van der Waals surface area contributed by atoms with E-state index in [1.54, 1.807) is 11.8 Å². The highest BCUT2D eigenvalue weighted by atomic mass is 32.2. The van der Waals surface area contributed by atoms with Crippen molar-refractivity contribution in [1.82, 2.24) is 5.32 Å². The Hall–Kier alpha value is -1.78. The number of carbonyl (C=O) groups excluding carboxylic acids is 1. The van der Waals surface area contributed by atoms with Gasteiger partial charge in [-0.15, -0.1) is 11.8 Å². The number of carbonyl (C=O) groups is 1. The van der Waals surface area contributed by atoms with Crippen molar-refractivity contribution in [3.8, 4) is 0 Å². The molecule has 0 saturated carbocycles. The maximum atomic E-state index is 12.3. The number of thioether (sulfide) groups is 1. The number of quaternary nitrogens is 1. The summed E-state index contributed by atoms with van der Waals surface area (Å²) in [5.74, 6) is 0.0899. The molecule has 2 N–H and O–H groups in total. The minimum atomic E-state index is -0.0843. The highest BCUT2D eigenvalue weighted by Crippen LogP contribution is 2.14. The molecule has 0 aliphatic rings. The number of nitrogens with one attached hydrogen (secondary N) is 2. The number of hydrogen-bond donors (Lipinski definition) is 2. The summed E-state index contributed by atoms with van der Waals surface area (Å²) in [6, 6.07) is 18.5. The van der Waals surface area contributed by atoms with Crippen LogP contribution in [0.3, 0.4) is 0 Å². The normalized spacial score (nSPS) is 13.3. The van der Waals surface area contributed by atoms with Crippen molar-refractivity contribution in [2.24, 2.45) is 0 Å². The number of likely N-dealkylation sites (N-methyl/N-ethyl adjacent to an activating group) is 1. The first-order valence-electron chi connectivity index (χ1n) is 7.87. The lowest BCUT2D eigenvalue weighted by molar-refractivity contribution is -0.908. The van der Waals surface area contributed by atoms with Crippen molar-refractivity contribution in [2.45, 2.75) is 31.0 Å². The average Bonchev–Trinajstić information content (AvgIpc) is 2.60. The van der Waals surface area contributed by atoms with Gasteiger partial charge in [-0.3, -0.25) is 4.79 Å². The van der Waals surface area contributed by atoms with Gasteiger partial charge in [0.1, 0.15) is 6.54 Å². The van der Waals surface area contributed by atoms with E-state index in [0.29, 0.717) is 6.54 Å². The molecular formula is C19H25N2OS+. The molecule has 1 amide bonds. The summed E-state index contributed by atoms with van der Waals surface area (Å²) < 4.78 is 0. The van der Waals surface area contributed by atoms with Gasteiger partial charge in [-0.1, -0.05) is 42.5 Å². The molecule has 1 unspecified atom stereocenters. The molecule has 4 heteroatoms. The second-order valence-electron chi connectivity index (χ2n) is 5.80. The van der Waals surface area contributed by atoms with Crippen LogP contribution in [-0.4, -0.2) is 25.3 Å². The fourth-order valence-corrected chi connectivity index (χ4v) is 2.79. The minimum Gasteiger partial charge on any atom is -0.347 e. The van der Waals surface area contributed by atoms with E-state index in [-0.39, 0.29) is 11.9 Å². The van der Waals surface area contributed by atoms with Crippen LogP contribution in [-0.2, 0) is 17.9 Å². The van der Waals surface area contributed by atoms with Gasteiger partial charge < -0.3 is 10.2 Å². The van der Waals surface area contributed by atoms with E-state index in [9.17, 15) is 4.79 Å². The van der Waals surface area contributed by atoms with Crippen LogP contribution in [0.4, 0.5) is 0 Å². The summed E-state index contributed by atoms with van der Waals surface area (Å²) >= 11 is 1.74. The molecule has 2 aromatic carbocycles. The first-order chi connectivity index (χ1) is 11.1. The Kier molecular flexibility index (Phi) is 6.68. The number of amides is 1. The van der Waals surface area contributed by atoms with Crippen LogP contribution in [0.1, 0.15) is 18.1 Å². The van der Waals surface area contributed by atoms with Gasteiger partial charge in [0.15, 0.2) is 6.04 Å². The molecule has 0 aliphatic heterocycles. The zero-order chi connectivity index (χ0) is 16.7. The Morgan fingerprint density at radius 1 is 1.09 bits per heavy atom. The van der Waals surface area contributed by atoms with E-state index in [2.05, 4.69) is 42.9 Å². The lowest BCUT2D eigenvalue weighted by Gasteiger charge is -2.21. The van der Waals surface area contributed by atoms with Gasteiger partial charge >= 0.3 is 0 Å². The summed E-state index contributed by atoms with van der Waals surface area (Å²) in [6.45, 7) is 3.40. The van der Waals surface area contributed by atoms with Crippen LogP contribution in [0.5, 0.6) is 0 Å². The number of benzene rings is 2. The predicted octanol–water partition coefficient (Wildman–Crippen LogP) is 2.13. The molecule has 3 nitrogen and oxygen atoms in total. The van der Waals surface area contributed by atoms with Crippen molar-refractivity contribution in [2.75, 3.05) is 13.3 Å². The van der Waals surface area contributed by atoms with Gasteiger partial charge in [0, 0.05) is 17.0 Å². The molecule has 0 bridgehead atoms. The largest absolute Gasteiger partial charge is 0.347 e. The maximum Gasteiger partial charge on any atom is 0.278 e. The fraction of sp³-hybridized carbons (Fsp3) is 0.316. The molecule has 0 fully saturated rings. The zero-order valence-electron chi connectivity index (χ0n) is 14.0. The maximum absolute atomic E-state index is 12.3. The van der Waals surface area contributed by atoms with Crippen molar-refractivity contribution in [3.05, 3.63) is 65.7 Å². The van der Waals surface area contributed by atoms with Crippen molar-refractivity contribution < 1.29 is 9.69 Å². The van der Waals surface area contributed by atoms with Crippen molar-refractivity contribution >= 4 is 17.7 Å². The second kappa shape index (κ2) is 8.75. The lowest BCUT2D eigenvalue weighted by atomic mass is 10.2. The molecule has 2 aromatic rings. The quantitative estimate of drug-likeness (QED) is 0.763. The zero-order valence-corrected chi connectivity index (χ0v) is 14.8. The Morgan fingerprint density at radius 3 is 2.35 bits per heavy atom. The summed E-state index contributed by atoms with van der Waals surface area (Å²) in [5.41, 5.74) is 2.38. The highest BCUT2D eigenvalue weighted by molar-refractivity contribution is 7.98. The van der Waals surface area contributed by atoms with E-state index < -0.39 is 0 Å². The monoisotopic (exact) mass is 329 g/mol. The average molecular weight is 329 g/mol. The molecule has 0 radical (unpaired) electrons. The molecule has 0 heterocycles. The summed E-state index contributed by atoms with van der Waals surface area (Å²) in [7, 11) is 2.06. The van der Waals surface area contributed by atoms with Gasteiger partial charge in [0.25, 0.3) is 5.91 Å². The Labute approximate surface area is 143 Å². The van der Waals surface area contributed by atoms with Crippen LogP contribution in [0.25, 0.3) is 0 Å². The third-order valence-electron chi connectivity index (χ3n) is 4.08. The van der Waals surface area contributed by atoms with Crippen LogP contribution in [0.15, 0.2) is 59.5 Å². The molecular weight excluding hydrogens is 304 g/mol. The van der Waals surface area contributed by atoms with E-state index in [0.717, 1.165) is 12.1 Å². The van der Waals surface area contributed by atoms with Gasteiger partial charge in [-0.25, -0.2) is 0 Å². The van der Waals surface area contributed by atoms with E-state index in [1.807, 2.05) is 37.3 Å². The number of hydrogen-bond acceptors (Lipinski definition) is 2. The Bertz CT molecular complexity index is 613. The van der Waals surface area contributed by atoms with Crippen LogP contribution < -0.4 is 10.2 Å². The minimum absolute atomic E-state index is 0.0843. The Morgan fingerprint density at radius 2 is 1.74 bits per heavy atom. The van der Waals surface area contributed by atoms with Gasteiger partial charge in [0.2, 0.25) is 0 Å². The third kappa shape index (κ3) is 5.41. The van der Waals surface area contributed by atoms with Crippen LogP contribution >= 0.6 is 11.8 Å². The first-order valence-corrected chi connectivity index (χ1v) is 9.09. The molecule has 2 atom stereocenters. The molecule has 0 aromatic heterocycles. The van der Waals surface area contributed by atoms with Crippen molar-refractivity contribution in [3.63, 3.8) is 0 Å². The van der Waals surface area contributed by atoms with Gasteiger partial charge in [-0.2, -0.15) is 0 Å². The first kappa shape index (κ1) is 17.6. The van der Waals surface area contributed by atoms with Gasteiger partial charge in [-0.05, 0) is 30.9 Å². The van der Waals surface area contributed by atoms with Crippen LogP contribution in [0, 0.1) is 0 Å². The molecule has 0 aliphatic carbocycles. The molecule has 2 rings (SSSR count). The Balaban J connectivity index is 1.85. The van der Waals surface area contributed by atoms with Crippen LogP contribution in [0.2, 0.25) is 0 Å². The smallest absolute Gasteiger partial charge is 0.278 e. The standard InChI is InChI=1S/C19H24N2OS/c1-15(19(22)20-13-16-7-5-4-6-8-16)21(2)14-17-9-11-18(23-3)12-10-17/h4-12,15H,13-14H2,1-3H3,(H,20,22)/p+1/t15-/m0/s1. The van der Waals surface area contributed by atoms with E-state index in [4.69, 9.17) is 0 Å². The lowest BCUT2D eigenvalue weighted by Crippen LogP contribution is -3.12. The third-order valence-corrected chi connectivity index (χ3v) is 4.83. The molecule has 122 valence electrons. The second-order valence-corrected chi connectivity index (χ2v) is 6.68. The molecule has 0 spiro atoms. The highest BCUT2D eigenvalue weighted by Gasteiger charge is 2.21. The van der Waals surface area contributed by atoms with E-state index >= 15 is 0 Å². The van der Waals surface area contributed by atoms with E-state index in [1.165, 1.54) is 15.4 Å². The summed E-state index contributed by atoms with van der Waals surface area (Å²) in [4.78, 5) is 14.8. The molecule has 23 heavy (non-hydrogen) atoms. The SMILES string of the molecule is CSc1ccc(C[NH+](C)[C@@H](C)C(=O)NCc2ccccc2)cc1. The topological polar surface area (TPSA) is 33.5 Å². The summed E-state index contributed by atoms with van der Waals surface area (Å²) in [6.07, 6.45) is 2.07. The predicted molar refractivity (Wildman–Crippen MR) is 96.6 cm³/mol. The number of rotatable bonds is 7. The molecule has 0 saturated heterocycles. The summed E-state index contributed by atoms with van der Waals surface area (Å²) in [5, 5.41) is 3.02. The van der Waals surface area contributed by atoms with Crippen molar-refractivity contribution in [1.29, 1.82) is 0 Å². The fourth-order valence-electron chi connectivity index (χ4n) is 2.38. The van der Waals surface area contributed by atoms with Gasteiger partial charge in [0.05, 0.1) is 7.05 Å².